The fourth-order valence-corrected chi connectivity index (χ4v) is 7.18. The van der Waals surface area contributed by atoms with Gasteiger partial charge >= 0.3 is 0 Å². The van der Waals surface area contributed by atoms with E-state index < -0.39 is 0 Å². The van der Waals surface area contributed by atoms with Gasteiger partial charge in [0, 0.05) is 27.5 Å². The molecular weight excluding hydrogens is 623 g/mol. The molecule has 0 aliphatic rings. The van der Waals surface area contributed by atoms with E-state index in [0.29, 0.717) is 17.5 Å². The number of furan rings is 1. The number of hydrogen-bond acceptors (Lipinski definition) is 4. The summed E-state index contributed by atoms with van der Waals surface area (Å²) in [5.41, 5.74) is 9.16. The van der Waals surface area contributed by atoms with E-state index in [-0.39, 0.29) is 0 Å². The summed E-state index contributed by atoms with van der Waals surface area (Å²) >= 11 is 0. The molecule has 0 atom stereocenters. The Morgan fingerprint density at radius 3 is 1.55 bits per heavy atom. The molecule has 0 saturated heterocycles. The van der Waals surface area contributed by atoms with Crippen molar-refractivity contribution in [3.05, 3.63) is 176 Å². The standard InChI is InChI=1S/C47H29N3O/c1-3-11-30(12-4-1)31-21-23-34(24-22-31)46-48-45(33-14-5-2-6-15-33)49-47(50-46)36-25-26-43-41(28-36)42-27-35-17-10-20-39(40(35)29-44(42)51-43)38-19-9-16-32-13-7-8-18-37(32)38/h1-29H. The first-order valence-electron chi connectivity index (χ1n) is 17.1. The van der Waals surface area contributed by atoms with Crippen molar-refractivity contribution in [2.45, 2.75) is 0 Å². The highest BCUT2D eigenvalue weighted by molar-refractivity contribution is 6.14. The van der Waals surface area contributed by atoms with Crippen LogP contribution in [-0.4, -0.2) is 15.0 Å². The van der Waals surface area contributed by atoms with Gasteiger partial charge in [-0.1, -0.05) is 146 Å². The molecule has 238 valence electrons. The van der Waals surface area contributed by atoms with Gasteiger partial charge in [-0.3, -0.25) is 0 Å². The Labute approximate surface area is 294 Å². The monoisotopic (exact) mass is 651 g/mol. The summed E-state index contributed by atoms with van der Waals surface area (Å²) in [6.45, 7) is 0. The molecular formula is C47H29N3O. The molecule has 10 aromatic rings. The van der Waals surface area contributed by atoms with Crippen molar-refractivity contribution >= 4 is 43.5 Å². The molecule has 0 saturated carbocycles. The summed E-state index contributed by atoms with van der Waals surface area (Å²) in [6.07, 6.45) is 0. The summed E-state index contributed by atoms with van der Waals surface area (Å²) in [6, 6.07) is 61.1. The van der Waals surface area contributed by atoms with Crippen LogP contribution in [-0.2, 0) is 0 Å². The molecule has 2 aromatic heterocycles. The lowest BCUT2D eigenvalue weighted by Gasteiger charge is -2.10. The van der Waals surface area contributed by atoms with Crippen LogP contribution in [0.2, 0.25) is 0 Å². The fourth-order valence-electron chi connectivity index (χ4n) is 7.18. The minimum Gasteiger partial charge on any atom is -0.456 e. The summed E-state index contributed by atoms with van der Waals surface area (Å²) in [4.78, 5) is 15.0. The van der Waals surface area contributed by atoms with Crippen molar-refractivity contribution in [3.63, 3.8) is 0 Å². The predicted octanol–water partition coefficient (Wildman–Crippen LogP) is 12.4. The number of fused-ring (bicyclic) bond motifs is 5. The third-order valence-electron chi connectivity index (χ3n) is 9.73. The van der Waals surface area contributed by atoms with Crippen LogP contribution in [0, 0.1) is 0 Å². The molecule has 4 nitrogen and oxygen atoms in total. The largest absolute Gasteiger partial charge is 0.456 e. The topological polar surface area (TPSA) is 51.8 Å². The highest BCUT2D eigenvalue weighted by Gasteiger charge is 2.16. The van der Waals surface area contributed by atoms with Crippen LogP contribution < -0.4 is 0 Å². The lowest BCUT2D eigenvalue weighted by Crippen LogP contribution is -2.00. The van der Waals surface area contributed by atoms with Crippen LogP contribution in [0.1, 0.15) is 0 Å². The van der Waals surface area contributed by atoms with Crippen LogP contribution in [0.4, 0.5) is 0 Å². The average Bonchev–Trinajstić information content (AvgIpc) is 3.57. The molecule has 0 fully saturated rings. The third kappa shape index (κ3) is 5.13. The van der Waals surface area contributed by atoms with Crippen molar-refractivity contribution in [2.24, 2.45) is 0 Å². The van der Waals surface area contributed by atoms with Gasteiger partial charge in [0.2, 0.25) is 0 Å². The highest BCUT2D eigenvalue weighted by atomic mass is 16.3. The maximum absolute atomic E-state index is 6.51. The Balaban J connectivity index is 1.11. The Hall–Kier alpha value is -6.91. The number of nitrogens with zero attached hydrogens (tertiary/aromatic N) is 3. The van der Waals surface area contributed by atoms with Crippen molar-refractivity contribution in [1.29, 1.82) is 0 Å². The van der Waals surface area contributed by atoms with Gasteiger partial charge in [-0.2, -0.15) is 0 Å². The average molecular weight is 652 g/mol. The first-order chi connectivity index (χ1) is 25.2. The van der Waals surface area contributed by atoms with E-state index >= 15 is 0 Å². The molecule has 0 aliphatic carbocycles. The van der Waals surface area contributed by atoms with Gasteiger partial charge in [0.25, 0.3) is 0 Å². The zero-order chi connectivity index (χ0) is 33.7. The molecule has 10 rings (SSSR count). The van der Waals surface area contributed by atoms with Gasteiger partial charge in [0.05, 0.1) is 0 Å². The van der Waals surface area contributed by atoms with Crippen LogP contribution in [0.3, 0.4) is 0 Å². The number of benzene rings is 8. The van der Waals surface area contributed by atoms with Gasteiger partial charge in [-0.05, 0) is 74.1 Å². The van der Waals surface area contributed by atoms with E-state index in [1.165, 1.54) is 27.5 Å². The Morgan fingerprint density at radius 2 is 0.804 bits per heavy atom. The molecule has 0 unspecified atom stereocenters. The number of hydrogen-bond donors (Lipinski definition) is 0. The zero-order valence-electron chi connectivity index (χ0n) is 27.5. The van der Waals surface area contributed by atoms with Crippen molar-refractivity contribution in [1.82, 2.24) is 15.0 Å². The van der Waals surface area contributed by atoms with Gasteiger partial charge in [0.1, 0.15) is 11.2 Å². The van der Waals surface area contributed by atoms with Gasteiger partial charge in [-0.15, -0.1) is 0 Å². The second kappa shape index (κ2) is 11.9. The van der Waals surface area contributed by atoms with Crippen LogP contribution in [0.25, 0.3) is 99.9 Å². The minimum absolute atomic E-state index is 0.612. The molecule has 0 radical (unpaired) electrons. The van der Waals surface area contributed by atoms with Crippen LogP contribution >= 0.6 is 0 Å². The third-order valence-corrected chi connectivity index (χ3v) is 9.73. The van der Waals surface area contributed by atoms with E-state index in [2.05, 4.69) is 127 Å². The number of aromatic nitrogens is 3. The first kappa shape index (κ1) is 29.0. The molecule has 0 aliphatic heterocycles. The maximum atomic E-state index is 6.51. The zero-order valence-corrected chi connectivity index (χ0v) is 27.5. The molecule has 0 amide bonds. The van der Waals surface area contributed by atoms with Crippen LogP contribution in [0.5, 0.6) is 0 Å². The van der Waals surface area contributed by atoms with E-state index in [1.807, 2.05) is 48.5 Å². The molecule has 4 heteroatoms. The maximum Gasteiger partial charge on any atom is 0.164 e. The fraction of sp³-hybridized carbons (Fsp3) is 0. The Bertz CT molecular complexity index is 2890. The van der Waals surface area contributed by atoms with E-state index in [4.69, 9.17) is 19.4 Å². The second-order valence-corrected chi connectivity index (χ2v) is 12.8. The quantitative estimate of drug-likeness (QED) is 0.186. The highest BCUT2D eigenvalue weighted by Crippen LogP contribution is 2.39. The van der Waals surface area contributed by atoms with E-state index in [9.17, 15) is 0 Å². The molecule has 0 N–H and O–H groups in total. The summed E-state index contributed by atoms with van der Waals surface area (Å²) in [5, 5.41) is 6.87. The van der Waals surface area contributed by atoms with E-state index in [0.717, 1.165) is 55.0 Å². The lowest BCUT2D eigenvalue weighted by atomic mass is 9.93. The lowest BCUT2D eigenvalue weighted by molar-refractivity contribution is 0.669. The normalized spacial score (nSPS) is 11.5. The second-order valence-electron chi connectivity index (χ2n) is 12.8. The molecule has 8 aromatic carbocycles. The first-order valence-corrected chi connectivity index (χ1v) is 17.1. The Kier molecular flexibility index (Phi) is 6.78. The SMILES string of the molecule is c1ccc(-c2ccc(-c3nc(-c4ccccc4)nc(-c4ccc5oc6cc7c(-c8cccc9ccccc89)cccc7cc6c5c4)n3)cc2)cc1. The van der Waals surface area contributed by atoms with Crippen LogP contribution in [0.15, 0.2) is 180 Å². The predicted molar refractivity (Wildman–Crippen MR) is 209 cm³/mol. The number of rotatable bonds is 5. The summed E-state index contributed by atoms with van der Waals surface area (Å²) < 4.78 is 6.51. The van der Waals surface area contributed by atoms with Crippen molar-refractivity contribution in [3.8, 4) is 56.4 Å². The summed E-state index contributed by atoms with van der Waals surface area (Å²) in [5.74, 6) is 1.87. The van der Waals surface area contributed by atoms with Crippen molar-refractivity contribution < 1.29 is 4.42 Å². The van der Waals surface area contributed by atoms with Gasteiger partial charge in [0.15, 0.2) is 17.5 Å². The van der Waals surface area contributed by atoms with E-state index in [1.54, 1.807) is 0 Å². The smallest absolute Gasteiger partial charge is 0.164 e. The Morgan fingerprint density at radius 1 is 0.294 bits per heavy atom. The van der Waals surface area contributed by atoms with Gasteiger partial charge in [-0.25, -0.2) is 15.0 Å². The van der Waals surface area contributed by atoms with Crippen molar-refractivity contribution in [2.75, 3.05) is 0 Å². The molecule has 2 heterocycles. The molecule has 51 heavy (non-hydrogen) atoms. The minimum atomic E-state index is 0.612. The molecule has 0 spiro atoms. The van der Waals surface area contributed by atoms with Gasteiger partial charge < -0.3 is 4.42 Å². The summed E-state index contributed by atoms with van der Waals surface area (Å²) in [7, 11) is 0. The molecule has 0 bridgehead atoms.